The smallest absolute Gasteiger partial charge is 0.145 e. The molecule has 1 aliphatic rings. The third kappa shape index (κ3) is 4.02. The van der Waals surface area contributed by atoms with Gasteiger partial charge in [-0.2, -0.15) is 0 Å². The minimum absolute atomic E-state index is 0.0776. The topological polar surface area (TPSA) is 33.6 Å². The highest BCUT2D eigenvalue weighted by Gasteiger charge is 2.22. The summed E-state index contributed by atoms with van der Waals surface area (Å²) in [7, 11) is 0. The maximum Gasteiger partial charge on any atom is 0.145 e. The highest BCUT2D eigenvalue weighted by Crippen LogP contribution is 2.25. The molecule has 0 fully saturated rings. The van der Waals surface area contributed by atoms with Crippen molar-refractivity contribution in [2.75, 3.05) is 6.54 Å². The molecular weight excluding hydrogens is 338 g/mol. The van der Waals surface area contributed by atoms with E-state index in [0.717, 1.165) is 11.3 Å². The maximum atomic E-state index is 13.5. The minimum Gasteiger partial charge on any atom is -0.390 e. The normalized spacial score (nSPS) is 17.0. The average Bonchev–Trinajstić information content (AvgIpc) is 3.01. The van der Waals surface area contributed by atoms with Gasteiger partial charge in [-0.15, -0.1) is 0 Å². The first-order valence-corrected chi connectivity index (χ1v) is 8.01. The summed E-state index contributed by atoms with van der Waals surface area (Å²) in [6.45, 7) is 1.04. The quantitative estimate of drug-likeness (QED) is 0.864. The monoisotopic (exact) mass is 352 g/mol. The third-order valence-electron chi connectivity index (χ3n) is 3.63. The Morgan fingerprint density at radius 1 is 1.17 bits per heavy atom. The highest BCUT2D eigenvalue weighted by molar-refractivity contribution is 6.42. The summed E-state index contributed by atoms with van der Waals surface area (Å²) < 4.78 is 13.5. The molecule has 0 bridgehead atoms. The van der Waals surface area contributed by atoms with Crippen LogP contribution in [-0.4, -0.2) is 18.4 Å². The second kappa shape index (κ2) is 7.30. The van der Waals surface area contributed by atoms with Crippen molar-refractivity contribution >= 4 is 28.9 Å². The first kappa shape index (κ1) is 16.2. The second-order valence-corrected chi connectivity index (χ2v) is 6.14. The molecule has 0 aliphatic carbocycles. The molecule has 3 rings (SSSR count). The third-order valence-corrected chi connectivity index (χ3v) is 4.37. The maximum absolute atomic E-state index is 13.5. The van der Waals surface area contributed by atoms with Crippen LogP contribution in [0.2, 0.25) is 10.0 Å². The van der Waals surface area contributed by atoms with E-state index in [0.29, 0.717) is 35.1 Å². The van der Waals surface area contributed by atoms with E-state index >= 15 is 0 Å². The molecule has 1 atom stereocenters. The molecule has 1 heterocycles. The molecule has 1 N–H and O–H groups in total. The van der Waals surface area contributed by atoms with Gasteiger partial charge in [0.2, 0.25) is 0 Å². The number of halogens is 3. The summed E-state index contributed by atoms with van der Waals surface area (Å²) in [6.07, 6.45) is 0.591. The largest absolute Gasteiger partial charge is 0.390 e. The SMILES string of the molecule is Fc1ccccc1CNC[C@H]1CC(c2ccc(Cl)c(Cl)c2)=NO1. The van der Waals surface area contributed by atoms with Crippen molar-refractivity contribution in [2.24, 2.45) is 5.16 Å². The summed E-state index contributed by atoms with van der Waals surface area (Å²) >= 11 is 11.9. The Hall–Kier alpha value is -1.62. The zero-order valence-electron chi connectivity index (χ0n) is 12.2. The Balaban J connectivity index is 1.51. The van der Waals surface area contributed by atoms with Crippen molar-refractivity contribution in [1.29, 1.82) is 0 Å². The zero-order chi connectivity index (χ0) is 16.2. The van der Waals surface area contributed by atoms with E-state index in [1.807, 2.05) is 12.1 Å². The van der Waals surface area contributed by atoms with Crippen LogP contribution in [0, 0.1) is 5.82 Å². The fourth-order valence-electron chi connectivity index (χ4n) is 2.39. The Kier molecular flexibility index (Phi) is 5.16. The molecule has 23 heavy (non-hydrogen) atoms. The first-order chi connectivity index (χ1) is 11.1. The number of rotatable bonds is 5. The lowest BCUT2D eigenvalue weighted by Gasteiger charge is -2.10. The lowest BCUT2D eigenvalue weighted by atomic mass is 10.1. The van der Waals surface area contributed by atoms with Crippen molar-refractivity contribution in [1.82, 2.24) is 5.32 Å². The zero-order valence-corrected chi connectivity index (χ0v) is 13.7. The van der Waals surface area contributed by atoms with Gasteiger partial charge in [0.05, 0.1) is 15.8 Å². The predicted octanol–water partition coefficient (Wildman–Crippen LogP) is 4.42. The first-order valence-electron chi connectivity index (χ1n) is 7.25. The van der Waals surface area contributed by atoms with Crippen molar-refractivity contribution in [3.8, 4) is 0 Å². The van der Waals surface area contributed by atoms with Gasteiger partial charge in [-0.1, -0.05) is 52.6 Å². The number of hydrogen-bond donors (Lipinski definition) is 1. The van der Waals surface area contributed by atoms with Crippen LogP contribution in [0.15, 0.2) is 47.6 Å². The fraction of sp³-hybridized carbons (Fsp3) is 0.235. The van der Waals surface area contributed by atoms with Gasteiger partial charge in [0.25, 0.3) is 0 Å². The van der Waals surface area contributed by atoms with E-state index in [4.69, 9.17) is 28.0 Å². The molecule has 3 nitrogen and oxygen atoms in total. The van der Waals surface area contributed by atoms with Crippen LogP contribution in [0.4, 0.5) is 4.39 Å². The van der Waals surface area contributed by atoms with E-state index in [9.17, 15) is 4.39 Å². The Bertz CT molecular complexity index is 736. The molecule has 0 radical (unpaired) electrons. The Labute approximate surface area is 144 Å². The van der Waals surface area contributed by atoms with Crippen LogP contribution in [0.5, 0.6) is 0 Å². The van der Waals surface area contributed by atoms with E-state index in [1.165, 1.54) is 6.07 Å². The van der Waals surface area contributed by atoms with Crippen molar-refractivity contribution in [3.63, 3.8) is 0 Å². The van der Waals surface area contributed by atoms with Crippen molar-refractivity contribution in [3.05, 3.63) is 69.5 Å². The summed E-state index contributed by atoms with van der Waals surface area (Å²) in [5, 5.41) is 8.30. The van der Waals surface area contributed by atoms with Gasteiger partial charge in [0.15, 0.2) is 0 Å². The van der Waals surface area contributed by atoms with Gasteiger partial charge in [0.1, 0.15) is 11.9 Å². The molecular formula is C17H15Cl2FN2O. The van der Waals surface area contributed by atoms with Crippen LogP contribution in [-0.2, 0) is 11.4 Å². The number of nitrogens with one attached hydrogen (secondary N) is 1. The van der Waals surface area contributed by atoms with E-state index in [1.54, 1.807) is 24.3 Å². The summed E-state index contributed by atoms with van der Waals surface area (Å²) in [5.41, 5.74) is 2.37. The summed E-state index contributed by atoms with van der Waals surface area (Å²) in [4.78, 5) is 5.41. The van der Waals surface area contributed by atoms with Gasteiger partial charge >= 0.3 is 0 Å². The molecule has 2 aromatic rings. The number of hydrogen-bond acceptors (Lipinski definition) is 3. The van der Waals surface area contributed by atoms with E-state index < -0.39 is 0 Å². The van der Waals surface area contributed by atoms with Gasteiger partial charge < -0.3 is 10.2 Å². The average molecular weight is 353 g/mol. The molecule has 2 aromatic carbocycles. The van der Waals surface area contributed by atoms with Crippen LogP contribution in [0.25, 0.3) is 0 Å². The van der Waals surface area contributed by atoms with Crippen molar-refractivity contribution in [2.45, 2.75) is 19.1 Å². The lowest BCUT2D eigenvalue weighted by Crippen LogP contribution is -2.27. The molecule has 1 aliphatic heterocycles. The number of nitrogens with zero attached hydrogens (tertiary/aromatic N) is 1. The number of oxime groups is 1. The molecule has 0 unspecified atom stereocenters. The van der Waals surface area contributed by atoms with Gasteiger partial charge in [-0.25, -0.2) is 4.39 Å². The molecule has 0 saturated heterocycles. The standard InChI is InChI=1S/C17H15Cl2FN2O/c18-14-6-5-11(7-15(14)19)17-8-13(23-22-17)10-21-9-12-3-1-2-4-16(12)20/h1-7,13,21H,8-10H2/t13-/m1/s1. The van der Waals surface area contributed by atoms with Crippen LogP contribution in [0.3, 0.4) is 0 Å². The highest BCUT2D eigenvalue weighted by atomic mass is 35.5. The summed E-state index contributed by atoms with van der Waals surface area (Å²) in [6, 6.07) is 12.1. The van der Waals surface area contributed by atoms with Crippen LogP contribution >= 0.6 is 23.2 Å². The van der Waals surface area contributed by atoms with Gasteiger partial charge in [-0.05, 0) is 18.2 Å². The van der Waals surface area contributed by atoms with Crippen LogP contribution < -0.4 is 5.32 Å². The van der Waals surface area contributed by atoms with Gasteiger partial charge in [0, 0.05) is 30.6 Å². The van der Waals surface area contributed by atoms with Crippen molar-refractivity contribution < 1.29 is 9.23 Å². The fourth-order valence-corrected chi connectivity index (χ4v) is 2.69. The Morgan fingerprint density at radius 3 is 2.78 bits per heavy atom. The molecule has 0 saturated carbocycles. The molecule has 6 heteroatoms. The van der Waals surface area contributed by atoms with E-state index in [2.05, 4.69) is 10.5 Å². The Morgan fingerprint density at radius 2 is 2.00 bits per heavy atom. The second-order valence-electron chi connectivity index (χ2n) is 5.32. The minimum atomic E-state index is -0.208. The molecule has 0 spiro atoms. The van der Waals surface area contributed by atoms with Crippen LogP contribution in [0.1, 0.15) is 17.5 Å². The van der Waals surface area contributed by atoms with Gasteiger partial charge in [-0.3, -0.25) is 0 Å². The lowest BCUT2D eigenvalue weighted by molar-refractivity contribution is 0.0848. The molecule has 0 aromatic heterocycles. The summed E-state index contributed by atoms with van der Waals surface area (Å²) in [5.74, 6) is -0.208. The number of benzene rings is 2. The molecule has 120 valence electrons. The predicted molar refractivity (Wildman–Crippen MR) is 90.6 cm³/mol. The molecule has 0 amide bonds. The van der Waals surface area contributed by atoms with E-state index in [-0.39, 0.29) is 11.9 Å².